The first kappa shape index (κ1) is 14.7. The van der Waals surface area contributed by atoms with E-state index in [9.17, 15) is 8.42 Å². The van der Waals surface area contributed by atoms with E-state index in [1.165, 1.54) is 16.8 Å². The van der Waals surface area contributed by atoms with Crippen molar-refractivity contribution in [3.63, 3.8) is 0 Å². The van der Waals surface area contributed by atoms with Crippen molar-refractivity contribution >= 4 is 26.0 Å². The number of alkyl halides is 1. The molecule has 0 N–H and O–H groups in total. The van der Waals surface area contributed by atoms with Crippen molar-refractivity contribution in [2.24, 2.45) is 7.05 Å². The van der Waals surface area contributed by atoms with E-state index in [0.29, 0.717) is 6.54 Å². The number of nitrogens with zero attached hydrogens (tertiary/aromatic N) is 3. The van der Waals surface area contributed by atoms with Crippen molar-refractivity contribution in [2.75, 3.05) is 11.9 Å². The fraction of sp³-hybridized carbons (Fsp3) is 0.700. The summed E-state index contributed by atoms with van der Waals surface area (Å²) in [4.78, 5) is 3.92. The van der Waals surface area contributed by atoms with Crippen LogP contribution in [0.4, 0.5) is 0 Å². The summed E-state index contributed by atoms with van der Waals surface area (Å²) in [6, 6.07) is -0.0685. The minimum absolute atomic E-state index is 0.0685. The number of aromatic nitrogens is 2. The van der Waals surface area contributed by atoms with Crippen LogP contribution in [0.1, 0.15) is 20.3 Å². The van der Waals surface area contributed by atoms with Crippen LogP contribution in [0.5, 0.6) is 0 Å². The second-order valence-electron chi connectivity index (χ2n) is 4.13. The molecule has 5 nitrogen and oxygen atoms in total. The van der Waals surface area contributed by atoms with Gasteiger partial charge < -0.3 is 4.57 Å². The molecule has 0 radical (unpaired) electrons. The number of hydrogen-bond donors (Lipinski definition) is 0. The smallest absolute Gasteiger partial charge is 0.262 e. The van der Waals surface area contributed by atoms with Crippen LogP contribution in [0.3, 0.4) is 0 Å². The quantitative estimate of drug-likeness (QED) is 0.747. The van der Waals surface area contributed by atoms with Gasteiger partial charge in [-0.2, -0.15) is 4.31 Å². The predicted octanol–water partition coefficient (Wildman–Crippen LogP) is 1.60. The second kappa shape index (κ2) is 5.97. The zero-order valence-corrected chi connectivity index (χ0v) is 12.7. The highest BCUT2D eigenvalue weighted by Gasteiger charge is 2.28. The van der Waals surface area contributed by atoms with Crippen LogP contribution >= 0.6 is 15.9 Å². The first-order chi connectivity index (χ1) is 7.89. The Morgan fingerprint density at radius 1 is 1.53 bits per heavy atom. The number of aryl methyl sites for hydroxylation is 1. The fourth-order valence-corrected chi connectivity index (χ4v) is 3.41. The molecule has 1 rings (SSSR count). The Hall–Kier alpha value is -0.400. The Balaban J connectivity index is 3.00. The maximum Gasteiger partial charge on any atom is 0.262 e. The van der Waals surface area contributed by atoms with Gasteiger partial charge in [0.15, 0.2) is 5.03 Å². The summed E-state index contributed by atoms with van der Waals surface area (Å²) >= 11 is 3.31. The number of rotatable bonds is 6. The average Bonchev–Trinajstić information content (AvgIpc) is 2.65. The summed E-state index contributed by atoms with van der Waals surface area (Å²) < 4.78 is 27.8. The van der Waals surface area contributed by atoms with Gasteiger partial charge in [-0.3, -0.25) is 0 Å². The molecular formula is C10H18BrN3O2S. The van der Waals surface area contributed by atoms with Gasteiger partial charge in [0.05, 0.1) is 6.33 Å². The normalized spacial score (nSPS) is 12.6. The maximum absolute atomic E-state index is 12.3. The first-order valence-electron chi connectivity index (χ1n) is 5.45. The zero-order valence-electron chi connectivity index (χ0n) is 10.3. The molecule has 0 unspecified atom stereocenters. The summed E-state index contributed by atoms with van der Waals surface area (Å²) in [5.41, 5.74) is 0. The highest BCUT2D eigenvalue weighted by molar-refractivity contribution is 9.09. The van der Waals surface area contributed by atoms with E-state index in [2.05, 4.69) is 20.9 Å². The first-order valence-corrected chi connectivity index (χ1v) is 8.01. The minimum Gasteiger partial charge on any atom is -0.339 e. The topological polar surface area (TPSA) is 55.2 Å². The molecule has 0 spiro atoms. The van der Waals surface area contributed by atoms with Gasteiger partial charge in [0.2, 0.25) is 0 Å². The molecule has 0 aliphatic heterocycles. The lowest BCUT2D eigenvalue weighted by Gasteiger charge is -2.24. The van der Waals surface area contributed by atoms with Gasteiger partial charge in [-0.25, -0.2) is 13.4 Å². The highest BCUT2D eigenvalue weighted by Crippen LogP contribution is 2.16. The van der Waals surface area contributed by atoms with Crippen molar-refractivity contribution in [2.45, 2.75) is 31.3 Å². The summed E-state index contributed by atoms with van der Waals surface area (Å²) in [6.45, 7) is 4.24. The molecule has 0 atom stereocenters. The van der Waals surface area contributed by atoms with Crippen LogP contribution < -0.4 is 0 Å². The molecule has 0 saturated carbocycles. The molecule has 0 aromatic carbocycles. The van der Waals surface area contributed by atoms with Gasteiger partial charge in [0.1, 0.15) is 0 Å². The number of imidazole rings is 1. The third-order valence-electron chi connectivity index (χ3n) is 2.34. The Morgan fingerprint density at radius 2 is 2.18 bits per heavy atom. The predicted molar refractivity (Wildman–Crippen MR) is 70.6 cm³/mol. The lowest BCUT2D eigenvalue weighted by atomic mass is 10.4. The van der Waals surface area contributed by atoms with Crippen LogP contribution in [0.2, 0.25) is 0 Å². The van der Waals surface area contributed by atoms with Crippen molar-refractivity contribution in [1.82, 2.24) is 13.9 Å². The fourth-order valence-electron chi connectivity index (χ4n) is 1.51. The summed E-state index contributed by atoms with van der Waals surface area (Å²) in [6.07, 6.45) is 3.80. The van der Waals surface area contributed by atoms with Crippen LogP contribution in [-0.4, -0.2) is 40.2 Å². The van der Waals surface area contributed by atoms with Crippen molar-refractivity contribution in [1.29, 1.82) is 0 Å². The third-order valence-corrected chi connectivity index (χ3v) is 4.86. The lowest BCUT2D eigenvalue weighted by molar-refractivity contribution is 0.354. The zero-order chi connectivity index (χ0) is 13.1. The molecule has 7 heteroatoms. The molecule has 0 saturated heterocycles. The lowest BCUT2D eigenvalue weighted by Crippen LogP contribution is -2.38. The summed E-state index contributed by atoms with van der Waals surface area (Å²) in [5, 5.41) is 0.900. The van der Waals surface area contributed by atoms with Gasteiger partial charge in [-0.1, -0.05) is 15.9 Å². The van der Waals surface area contributed by atoms with Crippen LogP contribution in [0.25, 0.3) is 0 Å². The van der Waals surface area contributed by atoms with Gasteiger partial charge in [0.25, 0.3) is 10.0 Å². The molecular weight excluding hydrogens is 306 g/mol. The molecule has 0 aliphatic carbocycles. The molecule has 0 bridgehead atoms. The molecule has 0 aliphatic rings. The number of halogens is 1. The van der Waals surface area contributed by atoms with Crippen molar-refractivity contribution in [3.8, 4) is 0 Å². The molecule has 17 heavy (non-hydrogen) atoms. The standard InChI is InChI=1S/C10H18BrN3O2S/c1-9(2)14(6-4-5-11)17(15,16)10-7-13(3)8-12-10/h7-9H,4-6H2,1-3H3. The SMILES string of the molecule is CC(C)N(CCCBr)S(=O)(=O)c1cn(C)cn1. The Morgan fingerprint density at radius 3 is 2.59 bits per heavy atom. The van der Waals surface area contributed by atoms with E-state index in [0.717, 1.165) is 11.8 Å². The Labute approximate surface area is 111 Å². The van der Waals surface area contributed by atoms with Gasteiger partial charge >= 0.3 is 0 Å². The van der Waals surface area contributed by atoms with E-state index < -0.39 is 10.0 Å². The molecule has 1 aromatic rings. The van der Waals surface area contributed by atoms with E-state index >= 15 is 0 Å². The van der Waals surface area contributed by atoms with Crippen LogP contribution in [0, 0.1) is 0 Å². The largest absolute Gasteiger partial charge is 0.339 e. The van der Waals surface area contributed by atoms with Gasteiger partial charge in [0, 0.05) is 31.2 Å². The molecule has 1 aromatic heterocycles. The maximum atomic E-state index is 12.3. The average molecular weight is 324 g/mol. The number of sulfonamides is 1. The van der Waals surface area contributed by atoms with E-state index in [-0.39, 0.29) is 11.1 Å². The van der Waals surface area contributed by atoms with Gasteiger partial charge in [-0.05, 0) is 20.3 Å². The number of hydrogen-bond acceptors (Lipinski definition) is 3. The van der Waals surface area contributed by atoms with Crippen molar-refractivity contribution in [3.05, 3.63) is 12.5 Å². The summed E-state index contributed by atoms with van der Waals surface area (Å²) in [7, 11) is -1.72. The van der Waals surface area contributed by atoms with Crippen LogP contribution in [0.15, 0.2) is 17.6 Å². The van der Waals surface area contributed by atoms with E-state index in [1.54, 1.807) is 11.6 Å². The minimum atomic E-state index is -3.47. The Bertz CT molecular complexity index is 456. The molecule has 0 amide bonds. The van der Waals surface area contributed by atoms with E-state index in [4.69, 9.17) is 0 Å². The Kier molecular flexibility index (Phi) is 5.15. The molecule has 0 fully saturated rings. The van der Waals surface area contributed by atoms with Gasteiger partial charge in [-0.15, -0.1) is 0 Å². The highest BCUT2D eigenvalue weighted by atomic mass is 79.9. The molecule has 98 valence electrons. The second-order valence-corrected chi connectivity index (χ2v) is 6.76. The van der Waals surface area contributed by atoms with Crippen molar-refractivity contribution < 1.29 is 8.42 Å². The van der Waals surface area contributed by atoms with Crippen LogP contribution in [-0.2, 0) is 17.1 Å². The molecule has 1 heterocycles. The monoisotopic (exact) mass is 323 g/mol. The summed E-state index contributed by atoms with van der Waals surface area (Å²) in [5.74, 6) is 0. The third kappa shape index (κ3) is 3.53. The van der Waals surface area contributed by atoms with E-state index in [1.807, 2.05) is 13.8 Å².